The van der Waals surface area contributed by atoms with Crippen LogP contribution in [0.15, 0.2) is 6.07 Å². The molecule has 0 saturated heterocycles. The van der Waals surface area contributed by atoms with Crippen molar-refractivity contribution in [3.63, 3.8) is 0 Å². The largest absolute Gasteiger partial charge is 0.506 e. The first kappa shape index (κ1) is 14.5. The van der Waals surface area contributed by atoms with Crippen LogP contribution in [0.1, 0.15) is 31.1 Å². The highest BCUT2D eigenvalue weighted by Gasteiger charge is 2.26. The highest BCUT2D eigenvalue weighted by molar-refractivity contribution is 14.1. The van der Waals surface area contributed by atoms with Crippen molar-refractivity contribution in [1.82, 2.24) is 0 Å². The van der Waals surface area contributed by atoms with Gasteiger partial charge in [0.1, 0.15) is 22.7 Å². The molecular formula is C11H11ClFIO3. The topological polar surface area (TPSA) is 46.5 Å². The predicted molar refractivity (Wildman–Crippen MR) is 71.0 cm³/mol. The lowest BCUT2D eigenvalue weighted by Gasteiger charge is -2.20. The van der Waals surface area contributed by atoms with Crippen molar-refractivity contribution in [2.24, 2.45) is 0 Å². The van der Waals surface area contributed by atoms with E-state index in [0.29, 0.717) is 0 Å². The van der Waals surface area contributed by atoms with Crippen molar-refractivity contribution in [3.8, 4) is 5.75 Å². The zero-order valence-corrected chi connectivity index (χ0v) is 12.4. The first-order chi connectivity index (χ1) is 7.63. The molecule has 0 amide bonds. The number of hydrogen-bond donors (Lipinski definition) is 1. The lowest BCUT2D eigenvalue weighted by Crippen LogP contribution is -2.24. The molecule has 0 atom stereocenters. The number of esters is 1. The Balaban J connectivity index is 3.27. The van der Waals surface area contributed by atoms with Crippen LogP contribution in [-0.2, 0) is 4.74 Å². The van der Waals surface area contributed by atoms with Gasteiger partial charge in [0.05, 0.1) is 8.59 Å². The Kier molecular flexibility index (Phi) is 4.24. The molecule has 17 heavy (non-hydrogen) atoms. The van der Waals surface area contributed by atoms with E-state index in [1.807, 2.05) is 0 Å². The maximum atomic E-state index is 13.4. The molecule has 0 saturated carbocycles. The van der Waals surface area contributed by atoms with E-state index < -0.39 is 22.4 Å². The van der Waals surface area contributed by atoms with E-state index in [2.05, 4.69) is 0 Å². The van der Waals surface area contributed by atoms with Gasteiger partial charge in [0.2, 0.25) is 0 Å². The van der Waals surface area contributed by atoms with Crippen LogP contribution in [0.5, 0.6) is 5.75 Å². The molecule has 1 aromatic carbocycles. The number of phenolic OH excluding ortho intramolecular Hbond substituents is 1. The van der Waals surface area contributed by atoms with Crippen LogP contribution in [0.2, 0.25) is 5.02 Å². The van der Waals surface area contributed by atoms with Crippen molar-refractivity contribution < 1.29 is 19.0 Å². The molecule has 0 heterocycles. The Bertz CT molecular complexity index is 443. The number of aromatic hydroxyl groups is 1. The smallest absolute Gasteiger partial charge is 0.344 e. The van der Waals surface area contributed by atoms with E-state index in [9.17, 15) is 14.3 Å². The summed E-state index contributed by atoms with van der Waals surface area (Å²) in [7, 11) is 0. The second-order valence-corrected chi connectivity index (χ2v) is 5.92. The third-order valence-corrected chi connectivity index (χ3v) is 2.94. The summed E-state index contributed by atoms with van der Waals surface area (Å²) in [6.07, 6.45) is 0. The second kappa shape index (κ2) is 4.97. The van der Waals surface area contributed by atoms with Gasteiger partial charge >= 0.3 is 5.97 Å². The van der Waals surface area contributed by atoms with Gasteiger partial charge in [-0.3, -0.25) is 0 Å². The minimum absolute atomic E-state index is 0.199. The van der Waals surface area contributed by atoms with Crippen LogP contribution in [0.25, 0.3) is 0 Å². The first-order valence-corrected chi connectivity index (χ1v) is 6.19. The van der Waals surface area contributed by atoms with Gasteiger partial charge in [0.25, 0.3) is 0 Å². The molecule has 0 spiro atoms. The molecule has 94 valence electrons. The lowest BCUT2D eigenvalue weighted by atomic mass is 10.1. The molecule has 0 aliphatic rings. The summed E-state index contributed by atoms with van der Waals surface area (Å²) in [4.78, 5) is 11.8. The van der Waals surface area contributed by atoms with Crippen LogP contribution in [0, 0.1) is 9.39 Å². The van der Waals surface area contributed by atoms with E-state index in [4.69, 9.17) is 16.3 Å². The third kappa shape index (κ3) is 3.45. The molecule has 0 unspecified atom stereocenters. The Morgan fingerprint density at radius 1 is 1.53 bits per heavy atom. The zero-order valence-electron chi connectivity index (χ0n) is 9.47. The summed E-state index contributed by atoms with van der Waals surface area (Å²) >= 11 is 7.36. The summed E-state index contributed by atoms with van der Waals surface area (Å²) in [5.41, 5.74) is -1.09. The molecule has 0 bridgehead atoms. The van der Waals surface area contributed by atoms with E-state index in [0.717, 1.165) is 6.07 Å². The molecular weight excluding hydrogens is 361 g/mol. The van der Waals surface area contributed by atoms with Gasteiger partial charge in [-0.25, -0.2) is 9.18 Å². The maximum absolute atomic E-state index is 13.4. The van der Waals surface area contributed by atoms with Gasteiger partial charge in [0, 0.05) is 0 Å². The minimum atomic E-state index is -0.850. The third-order valence-electron chi connectivity index (χ3n) is 1.75. The van der Waals surface area contributed by atoms with Gasteiger partial charge in [0.15, 0.2) is 0 Å². The fourth-order valence-electron chi connectivity index (χ4n) is 1.10. The average Bonchev–Trinajstić information content (AvgIpc) is 2.12. The molecule has 0 fully saturated rings. The standard InChI is InChI=1S/C11H11ClFIO3/c1-11(2,3)17-10(16)7-8(12)5(13)4-6(14)9(7)15/h4,15H,1-3H3. The molecule has 6 heteroatoms. The number of hydrogen-bond acceptors (Lipinski definition) is 3. The summed E-state index contributed by atoms with van der Waals surface area (Å²) in [6, 6.07) is 1.05. The summed E-state index contributed by atoms with van der Waals surface area (Å²) in [6.45, 7) is 5.00. The van der Waals surface area contributed by atoms with Crippen LogP contribution in [0.3, 0.4) is 0 Å². The number of phenols is 1. The number of rotatable bonds is 1. The fraction of sp³-hybridized carbons (Fsp3) is 0.364. The average molecular weight is 373 g/mol. The highest BCUT2D eigenvalue weighted by Crippen LogP contribution is 2.34. The summed E-state index contributed by atoms with van der Waals surface area (Å²) in [5, 5.41) is 9.28. The molecule has 0 aliphatic heterocycles. The SMILES string of the molecule is CC(C)(C)OC(=O)c1c(O)c(I)cc(F)c1Cl. The van der Waals surface area contributed by atoms with Crippen LogP contribution in [-0.4, -0.2) is 16.7 Å². The van der Waals surface area contributed by atoms with Crippen molar-refractivity contribution >= 4 is 40.2 Å². The minimum Gasteiger partial charge on any atom is -0.506 e. The molecule has 1 rings (SSSR count). The summed E-state index contributed by atoms with van der Waals surface area (Å²) < 4.78 is 18.6. The van der Waals surface area contributed by atoms with Gasteiger partial charge in [-0.15, -0.1) is 0 Å². The number of benzene rings is 1. The van der Waals surface area contributed by atoms with Gasteiger partial charge < -0.3 is 9.84 Å². The van der Waals surface area contributed by atoms with Crippen molar-refractivity contribution in [2.75, 3.05) is 0 Å². The number of carbonyl (C=O) groups excluding carboxylic acids is 1. The van der Waals surface area contributed by atoms with Crippen molar-refractivity contribution in [3.05, 3.63) is 26.0 Å². The van der Waals surface area contributed by atoms with Crippen molar-refractivity contribution in [2.45, 2.75) is 26.4 Å². The Labute approximate surface area is 117 Å². The number of carbonyl (C=O) groups is 1. The normalized spacial score (nSPS) is 11.4. The zero-order chi connectivity index (χ0) is 13.4. The number of halogens is 3. The Morgan fingerprint density at radius 2 is 2.06 bits per heavy atom. The Hall–Kier alpha value is -0.560. The Morgan fingerprint density at radius 3 is 2.53 bits per heavy atom. The maximum Gasteiger partial charge on any atom is 0.344 e. The monoisotopic (exact) mass is 372 g/mol. The van der Waals surface area contributed by atoms with Crippen molar-refractivity contribution in [1.29, 1.82) is 0 Å². The van der Waals surface area contributed by atoms with Crippen LogP contribution >= 0.6 is 34.2 Å². The quantitative estimate of drug-likeness (QED) is 0.464. The first-order valence-electron chi connectivity index (χ1n) is 4.73. The highest BCUT2D eigenvalue weighted by atomic mass is 127. The summed E-state index contributed by atoms with van der Waals surface area (Å²) in [5.74, 6) is -1.99. The molecule has 0 aliphatic carbocycles. The van der Waals surface area contributed by atoms with Gasteiger partial charge in [-0.2, -0.15) is 0 Å². The van der Waals surface area contributed by atoms with Gasteiger partial charge in [-0.1, -0.05) is 11.6 Å². The van der Waals surface area contributed by atoms with E-state index >= 15 is 0 Å². The predicted octanol–water partition coefficient (Wildman–Crippen LogP) is 3.74. The van der Waals surface area contributed by atoms with E-state index in [1.54, 1.807) is 43.4 Å². The second-order valence-electron chi connectivity index (χ2n) is 4.38. The van der Waals surface area contributed by atoms with E-state index in [-0.39, 0.29) is 14.9 Å². The molecule has 3 nitrogen and oxygen atoms in total. The molecule has 1 aromatic rings. The molecule has 1 N–H and O–H groups in total. The fourth-order valence-corrected chi connectivity index (χ4v) is 1.87. The number of ether oxygens (including phenoxy) is 1. The lowest BCUT2D eigenvalue weighted by molar-refractivity contribution is 0.00663. The van der Waals surface area contributed by atoms with Gasteiger partial charge in [-0.05, 0) is 49.4 Å². The van der Waals surface area contributed by atoms with Crippen LogP contribution in [0.4, 0.5) is 4.39 Å². The molecule has 0 radical (unpaired) electrons. The molecule has 0 aromatic heterocycles. The van der Waals surface area contributed by atoms with Crippen LogP contribution < -0.4 is 0 Å². The van der Waals surface area contributed by atoms with E-state index in [1.165, 1.54) is 0 Å².